The van der Waals surface area contributed by atoms with Crippen LogP contribution in [-0.4, -0.2) is 44.4 Å². The first-order valence-corrected chi connectivity index (χ1v) is 10.3. The molecule has 3 heterocycles. The molecule has 2 aromatic heterocycles. The van der Waals surface area contributed by atoms with Crippen molar-refractivity contribution in [3.05, 3.63) is 48.2 Å². The van der Waals surface area contributed by atoms with Gasteiger partial charge in [-0.25, -0.2) is 4.39 Å². The molecule has 0 atom stereocenters. The average Bonchev–Trinajstić information content (AvgIpc) is 3.33. The second-order valence-corrected chi connectivity index (χ2v) is 7.68. The molecule has 0 aliphatic carbocycles. The molecule has 0 unspecified atom stereocenters. The summed E-state index contributed by atoms with van der Waals surface area (Å²) in [5.41, 5.74) is 1.54. The van der Waals surface area contributed by atoms with Crippen molar-refractivity contribution in [3.8, 4) is 17.1 Å². The topological polar surface area (TPSA) is 64.2 Å². The highest BCUT2D eigenvalue weighted by Crippen LogP contribution is 2.30. The molecule has 0 saturated carbocycles. The van der Waals surface area contributed by atoms with Crippen molar-refractivity contribution in [3.63, 3.8) is 0 Å². The van der Waals surface area contributed by atoms with Gasteiger partial charge in [-0.1, -0.05) is 11.8 Å². The summed E-state index contributed by atoms with van der Waals surface area (Å²) in [5, 5.41) is 9.21. The quantitative estimate of drug-likeness (QED) is 0.604. The number of aryl methyl sites for hydroxylation is 1. The Hall–Kier alpha value is -2.61. The van der Waals surface area contributed by atoms with E-state index in [0.717, 1.165) is 42.9 Å². The highest BCUT2D eigenvalue weighted by molar-refractivity contribution is 7.99. The summed E-state index contributed by atoms with van der Waals surface area (Å²) >= 11 is 1.35. The van der Waals surface area contributed by atoms with Crippen LogP contribution in [0, 0.1) is 12.7 Å². The highest BCUT2D eigenvalue weighted by Gasteiger charge is 2.22. The molecule has 0 N–H and O–H groups in total. The number of nitrogens with zero attached hydrogens (tertiary/aromatic N) is 4. The second-order valence-electron chi connectivity index (χ2n) is 6.74. The van der Waals surface area contributed by atoms with Gasteiger partial charge in [-0.15, -0.1) is 10.2 Å². The number of benzene rings is 1. The predicted octanol–water partition coefficient (Wildman–Crippen LogP) is 4.08. The molecule has 4 rings (SSSR count). The maximum Gasteiger partial charge on any atom is 0.233 e. The van der Waals surface area contributed by atoms with E-state index < -0.39 is 0 Å². The van der Waals surface area contributed by atoms with Crippen LogP contribution >= 0.6 is 11.8 Å². The molecular weight excluding hydrogens is 379 g/mol. The minimum atomic E-state index is -0.313. The highest BCUT2D eigenvalue weighted by atomic mass is 32.2. The Bertz CT molecular complexity index is 961. The molecule has 0 bridgehead atoms. The van der Waals surface area contributed by atoms with Crippen LogP contribution in [0.2, 0.25) is 0 Å². The van der Waals surface area contributed by atoms with E-state index in [1.54, 1.807) is 18.4 Å². The van der Waals surface area contributed by atoms with Gasteiger partial charge in [0, 0.05) is 18.8 Å². The molecule has 1 aliphatic rings. The molecule has 28 heavy (non-hydrogen) atoms. The van der Waals surface area contributed by atoms with Crippen molar-refractivity contribution in [1.29, 1.82) is 0 Å². The summed E-state index contributed by atoms with van der Waals surface area (Å²) < 4.78 is 20.7. The van der Waals surface area contributed by atoms with E-state index in [1.165, 1.54) is 30.3 Å². The predicted molar refractivity (Wildman–Crippen MR) is 105 cm³/mol. The van der Waals surface area contributed by atoms with Crippen LogP contribution in [0.15, 0.2) is 46.2 Å². The molecule has 1 amide bonds. The van der Waals surface area contributed by atoms with Crippen molar-refractivity contribution in [2.45, 2.75) is 31.3 Å². The van der Waals surface area contributed by atoms with E-state index in [-0.39, 0.29) is 11.7 Å². The summed E-state index contributed by atoms with van der Waals surface area (Å²) in [5.74, 6) is 1.41. The fraction of sp³-hybridized carbons (Fsp3) is 0.350. The van der Waals surface area contributed by atoms with E-state index >= 15 is 0 Å². The second kappa shape index (κ2) is 8.18. The van der Waals surface area contributed by atoms with E-state index in [9.17, 15) is 9.18 Å². The van der Waals surface area contributed by atoms with Crippen molar-refractivity contribution in [2.24, 2.45) is 0 Å². The normalized spacial score (nSPS) is 14.4. The van der Waals surface area contributed by atoms with Crippen LogP contribution in [0.4, 0.5) is 4.39 Å². The smallest absolute Gasteiger partial charge is 0.233 e. The fourth-order valence-electron chi connectivity index (χ4n) is 3.34. The summed E-state index contributed by atoms with van der Waals surface area (Å²) in [6.45, 7) is 3.50. The molecule has 3 aromatic rings. The molecule has 1 saturated heterocycles. The Kier molecular flexibility index (Phi) is 5.47. The van der Waals surface area contributed by atoms with Crippen LogP contribution in [0.1, 0.15) is 25.0 Å². The van der Waals surface area contributed by atoms with Gasteiger partial charge in [0.25, 0.3) is 0 Å². The Morgan fingerprint density at radius 3 is 2.57 bits per heavy atom. The molecule has 1 fully saturated rings. The lowest BCUT2D eigenvalue weighted by molar-refractivity contribution is -0.129. The van der Waals surface area contributed by atoms with Crippen molar-refractivity contribution in [2.75, 3.05) is 18.8 Å². The molecule has 0 spiro atoms. The van der Waals surface area contributed by atoms with Crippen LogP contribution in [0.5, 0.6) is 0 Å². The first kappa shape index (κ1) is 18.7. The van der Waals surface area contributed by atoms with E-state index in [2.05, 4.69) is 10.2 Å². The number of rotatable bonds is 5. The summed E-state index contributed by atoms with van der Waals surface area (Å²) in [4.78, 5) is 14.4. The van der Waals surface area contributed by atoms with Gasteiger partial charge in [0.1, 0.15) is 11.6 Å². The van der Waals surface area contributed by atoms with Crippen LogP contribution in [-0.2, 0) is 4.79 Å². The number of hydrogen-bond donors (Lipinski definition) is 0. The number of aromatic nitrogens is 3. The van der Waals surface area contributed by atoms with E-state index in [4.69, 9.17) is 4.42 Å². The van der Waals surface area contributed by atoms with E-state index in [1.807, 2.05) is 22.5 Å². The molecule has 1 aromatic carbocycles. The fourth-order valence-corrected chi connectivity index (χ4v) is 4.19. The number of amides is 1. The maximum atomic E-state index is 13.4. The molecule has 0 radical (unpaired) electrons. The first-order chi connectivity index (χ1) is 13.6. The Morgan fingerprint density at radius 1 is 1.14 bits per heavy atom. The zero-order valence-electron chi connectivity index (χ0n) is 15.6. The van der Waals surface area contributed by atoms with Crippen molar-refractivity contribution < 1.29 is 13.6 Å². The van der Waals surface area contributed by atoms with Gasteiger partial charge in [-0.05, 0) is 56.5 Å². The first-order valence-electron chi connectivity index (χ1n) is 9.30. The van der Waals surface area contributed by atoms with Crippen LogP contribution in [0.25, 0.3) is 17.1 Å². The number of likely N-dealkylation sites (tertiary alicyclic amines) is 1. The largest absolute Gasteiger partial charge is 0.469 e. The number of hydrogen-bond acceptors (Lipinski definition) is 5. The van der Waals surface area contributed by atoms with Crippen molar-refractivity contribution in [1.82, 2.24) is 19.7 Å². The minimum absolute atomic E-state index is 0.111. The van der Waals surface area contributed by atoms with Gasteiger partial charge in [-0.2, -0.15) is 0 Å². The molecule has 6 nitrogen and oxygen atoms in total. The summed E-state index contributed by atoms with van der Waals surface area (Å²) in [6.07, 6.45) is 4.91. The summed E-state index contributed by atoms with van der Waals surface area (Å²) in [6, 6.07) is 7.97. The van der Waals surface area contributed by atoms with Crippen LogP contribution in [0.3, 0.4) is 0 Å². The number of thioether (sulfide) groups is 1. The van der Waals surface area contributed by atoms with Crippen LogP contribution < -0.4 is 0 Å². The monoisotopic (exact) mass is 400 g/mol. The van der Waals surface area contributed by atoms with Gasteiger partial charge in [0.05, 0.1) is 17.6 Å². The van der Waals surface area contributed by atoms with Gasteiger partial charge >= 0.3 is 0 Å². The SMILES string of the molecule is Cc1occc1-c1nnc(SCC(=O)N2CCCCC2)n1-c1ccc(F)cc1. The maximum absolute atomic E-state index is 13.4. The Labute approximate surface area is 166 Å². The third kappa shape index (κ3) is 3.82. The average molecular weight is 400 g/mol. The number of halogens is 1. The lowest BCUT2D eigenvalue weighted by Gasteiger charge is -2.26. The number of carbonyl (C=O) groups excluding carboxylic acids is 1. The zero-order chi connectivity index (χ0) is 19.5. The van der Waals surface area contributed by atoms with Crippen molar-refractivity contribution >= 4 is 17.7 Å². The Morgan fingerprint density at radius 2 is 1.89 bits per heavy atom. The third-order valence-corrected chi connectivity index (χ3v) is 5.77. The molecule has 1 aliphatic heterocycles. The number of furan rings is 1. The van der Waals surface area contributed by atoms with Gasteiger partial charge in [-0.3, -0.25) is 9.36 Å². The summed E-state index contributed by atoms with van der Waals surface area (Å²) in [7, 11) is 0. The number of piperidine rings is 1. The van der Waals surface area contributed by atoms with Gasteiger partial charge < -0.3 is 9.32 Å². The minimum Gasteiger partial charge on any atom is -0.469 e. The number of carbonyl (C=O) groups is 1. The third-order valence-electron chi connectivity index (χ3n) is 4.85. The lowest BCUT2D eigenvalue weighted by Crippen LogP contribution is -2.36. The lowest BCUT2D eigenvalue weighted by atomic mass is 10.1. The van der Waals surface area contributed by atoms with E-state index in [0.29, 0.717) is 16.7 Å². The molecule has 146 valence electrons. The molecular formula is C20H21FN4O2S. The van der Waals surface area contributed by atoms with Gasteiger partial charge in [0.15, 0.2) is 11.0 Å². The standard InChI is InChI=1S/C20H21FN4O2S/c1-14-17(9-12-27-14)19-22-23-20(25(19)16-7-5-15(21)6-8-16)28-13-18(26)24-10-3-2-4-11-24/h5-9,12H,2-4,10-11,13H2,1H3. The Balaban J connectivity index is 1.63. The van der Waals surface area contributed by atoms with Gasteiger partial charge in [0.2, 0.25) is 5.91 Å². The zero-order valence-corrected chi connectivity index (χ0v) is 16.4. The molecule has 8 heteroatoms.